The van der Waals surface area contributed by atoms with E-state index in [9.17, 15) is 14.0 Å². The van der Waals surface area contributed by atoms with E-state index in [1.165, 1.54) is 15.8 Å². The second-order valence-electron chi connectivity index (χ2n) is 6.91. The second kappa shape index (κ2) is 7.28. The summed E-state index contributed by atoms with van der Waals surface area (Å²) >= 11 is 0. The van der Waals surface area contributed by atoms with Crippen molar-refractivity contribution in [2.24, 2.45) is 0 Å². The molecule has 0 aliphatic carbocycles. The van der Waals surface area contributed by atoms with Crippen molar-refractivity contribution in [2.45, 2.75) is 51.9 Å². The van der Waals surface area contributed by atoms with Gasteiger partial charge in [0, 0.05) is 6.54 Å². The molecule has 2 rings (SSSR count). The zero-order chi connectivity index (χ0) is 18.8. The smallest absolute Gasteiger partial charge is 0.410 e. The van der Waals surface area contributed by atoms with E-state index in [0.29, 0.717) is 13.0 Å². The number of carbonyl (C=O) groups excluding carboxylic acids is 2. The van der Waals surface area contributed by atoms with Gasteiger partial charge in [-0.3, -0.25) is 0 Å². The van der Waals surface area contributed by atoms with Gasteiger partial charge in [-0.1, -0.05) is 0 Å². The lowest BCUT2D eigenvalue weighted by molar-refractivity contribution is 0.00596. The van der Waals surface area contributed by atoms with Crippen molar-refractivity contribution in [2.75, 3.05) is 25.4 Å². The molecule has 1 fully saturated rings. The number of anilines is 1. The molecular weight excluding hydrogens is 331 g/mol. The predicted octanol–water partition coefficient (Wildman–Crippen LogP) is 2.16. The molecule has 0 spiro atoms. The summed E-state index contributed by atoms with van der Waals surface area (Å²) in [6.45, 7) is 7.36. The Kier molecular flexibility index (Phi) is 5.54. The molecule has 9 heteroatoms. The van der Waals surface area contributed by atoms with E-state index < -0.39 is 29.9 Å². The molecule has 1 aromatic rings. The molecule has 1 saturated heterocycles. The maximum Gasteiger partial charge on any atom is 0.410 e. The summed E-state index contributed by atoms with van der Waals surface area (Å²) in [5.74, 6) is -0.523. The Morgan fingerprint density at radius 3 is 2.68 bits per heavy atom. The van der Waals surface area contributed by atoms with E-state index in [0.717, 1.165) is 0 Å². The van der Waals surface area contributed by atoms with Gasteiger partial charge in [0.05, 0.1) is 25.4 Å². The maximum atomic E-state index is 14.6. The molecule has 0 radical (unpaired) electrons. The first-order chi connectivity index (χ1) is 11.6. The largest absolute Gasteiger partial charge is 0.462 e. The van der Waals surface area contributed by atoms with Crippen LogP contribution in [0.25, 0.3) is 0 Å². The third kappa shape index (κ3) is 4.40. The van der Waals surface area contributed by atoms with E-state index in [-0.39, 0.29) is 24.5 Å². The molecular formula is C16H25FN4O4. The number of alkyl halides is 1. The van der Waals surface area contributed by atoms with Crippen LogP contribution in [0, 0.1) is 0 Å². The molecule has 1 aromatic heterocycles. The van der Waals surface area contributed by atoms with Gasteiger partial charge in [0.25, 0.3) is 0 Å². The van der Waals surface area contributed by atoms with Crippen molar-refractivity contribution in [1.82, 2.24) is 14.7 Å². The molecule has 25 heavy (non-hydrogen) atoms. The van der Waals surface area contributed by atoms with Crippen LogP contribution in [0.4, 0.5) is 15.0 Å². The fourth-order valence-corrected chi connectivity index (χ4v) is 2.66. The van der Waals surface area contributed by atoms with Crippen LogP contribution in [-0.2, 0) is 9.47 Å². The van der Waals surface area contributed by atoms with E-state index >= 15 is 0 Å². The average Bonchev–Trinajstić information content (AvgIpc) is 2.87. The number of nitrogen functional groups attached to an aromatic ring is 1. The van der Waals surface area contributed by atoms with Crippen LogP contribution >= 0.6 is 0 Å². The Hall–Kier alpha value is -2.32. The molecule has 1 aliphatic rings. The number of amides is 1. The number of aromatic nitrogens is 2. The van der Waals surface area contributed by atoms with Crippen molar-refractivity contribution in [3.8, 4) is 0 Å². The Labute approximate surface area is 146 Å². The van der Waals surface area contributed by atoms with E-state index in [1.807, 2.05) is 0 Å². The van der Waals surface area contributed by atoms with Crippen LogP contribution in [0.2, 0.25) is 0 Å². The summed E-state index contributed by atoms with van der Waals surface area (Å²) in [4.78, 5) is 25.2. The zero-order valence-electron chi connectivity index (χ0n) is 15.0. The van der Waals surface area contributed by atoms with Gasteiger partial charge in [-0.2, -0.15) is 5.10 Å². The van der Waals surface area contributed by atoms with Crippen molar-refractivity contribution >= 4 is 17.9 Å². The van der Waals surface area contributed by atoms with Crippen LogP contribution in [0.5, 0.6) is 0 Å². The number of esters is 1. The first kappa shape index (κ1) is 19.0. The predicted molar refractivity (Wildman–Crippen MR) is 89.0 cm³/mol. The van der Waals surface area contributed by atoms with Crippen molar-refractivity contribution in [3.63, 3.8) is 0 Å². The molecule has 140 valence electrons. The Balaban J connectivity index is 2.07. The molecule has 1 aliphatic heterocycles. The molecule has 1 amide bonds. The fraction of sp³-hybridized carbons (Fsp3) is 0.688. The molecule has 8 nitrogen and oxygen atoms in total. The summed E-state index contributed by atoms with van der Waals surface area (Å²) in [5, 5.41) is 4.04. The lowest BCUT2D eigenvalue weighted by Gasteiger charge is -2.35. The van der Waals surface area contributed by atoms with Gasteiger partial charge in [0.15, 0.2) is 0 Å². The minimum absolute atomic E-state index is 0.0665. The summed E-state index contributed by atoms with van der Waals surface area (Å²) in [5.41, 5.74) is 5.41. The molecule has 2 heterocycles. The van der Waals surface area contributed by atoms with Crippen LogP contribution in [0.1, 0.15) is 50.5 Å². The highest BCUT2D eigenvalue weighted by Crippen LogP contribution is 2.29. The number of hydrogen-bond acceptors (Lipinski definition) is 6. The number of hydrogen-bond donors (Lipinski definition) is 1. The zero-order valence-corrected chi connectivity index (χ0v) is 15.0. The third-order valence-electron chi connectivity index (χ3n) is 3.80. The van der Waals surface area contributed by atoms with Gasteiger partial charge < -0.3 is 20.1 Å². The van der Waals surface area contributed by atoms with Crippen LogP contribution in [0.3, 0.4) is 0 Å². The SMILES string of the molecule is CCOC(=O)c1cnn(C2CCN(C(=O)OC(C)(C)C)CC2F)c1N. The lowest BCUT2D eigenvalue weighted by atomic mass is 10.0. The minimum Gasteiger partial charge on any atom is -0.462 e. The standard InChI is InChI=1S/C16H25FN4O4/c1-5-24-14(22)10-8-19-21(13(10)18)12-6-7-20(9-11(12)17)15(23)25-16(2,3)4/h8,11-12H,5-7,9,18H2,1-4H3. The highest BCUT2D eigenvalue weighted by molar-refractivity contribution is 5.94. The number of carbonyl (C=O) groups is 2. The summed E-state index contributed by atoms with van der Waals surface area (Å²) in [6.07, 6.45) is -0.331. The van der Waals surface area contributed by atoms with Crippen LogP contribution in [0.15, 0.2) is 6.20 Å². The summed E-state index contributed by atoms with van der Waals surface area (Å²) in [7, 11) is 0. The topological polar surface area (TPSA) is 99.7 Å². The first-order valence-corrected chi connectivity index (χ1v) is 8.26. The summed E-state index contributed by atoms with van der Waals surface area (Å²) in [6, 6.07) is -0.651. The number of ether oxygens (including phenoxy) is 2. The monoisotopic (exact) mass is 356 g/mol. The van der Waals surface area contributed by atoms with Gasteiger partial charge in [-0.05, 0) is 34.1 Å². The van der Waals surface area contributed by atoms with Gasteiger partial charge >= 0.3 is 12.1 Å². The van der Waals surface area contributed by atoms with E-state index in [1.54, 1.807) is 27.7 Å². The highest BCUT2D eigenvalue weighted by atomic mass is 19.1. The number of likely N-dealkylation sites (tertiary alicyclic amines) is 1. The number of nitrogens with two attached hydrogens (primary N) is 1. The average molecular weight is 356 g/mol. The Morgan fingerprint density at radius 1 is 1.44 bits per heavy atom. The van der Waals surface area contributed by atoms with Gasteiger partial charge in [0.2, 0.25) is 0 Å². The second-order valence-corrected chi connectivity index (χ2v) is 6.91. The highest BCUT2D eigenvalue weighted by Gasteiger charge is 2.36. The normalized spacial score (nSPS) is 21.1. The quantitative estimate of drug-likeness (QED) is 0.833. The van der Waals surface area contributed by atoms with Crippen LogP contribution < -0.4 is 5.73 Å². The van der Waals surface area contributed by atoms with Crippen LogP contribution in [-0.4, -0.2) is 58.2 Å². The number of piperidine rings is 1. The number of rotatable bonds is 3. The molecule has 0 aromatic carbocycles. The molecule has 2 atom stereocenters. The Morgan fingerprint density at radius 2 is 2.12 bits per heavy atom. The number of halogens is 1. The van der Waals surface area contributed by atoms with E-state index in [2.05, 4.69) is 5.10 Å². The lowest BCUT2D eigenvalue weighted by Crippen LogP contribution is -2.47. The number of nitrogens with zero attached hydrogens (tertiary/aromatic N) is 3. The molecule has 0 saturated carbocycles. The molecule has 2 N–H and O–H groups in total. The van der Waals surface area contributed by atoms with Gasteiger partial charge in [0.1, 0.15) is 23.2 Å². The Bertz CT molecular complexity index is 641. The van der Waals surface area contributed by atoms with E-state index in [4.69, 9.17) is 15.2 Å². The van der Waals surface area contributed by atoms with Gasteiger partial charge in [-0.25, -0.2) is 18.7 Å². The van der Waals surface area contributed by atoms with Gasteiger partial charge in [-0.15, -0.1) is 0 Å². The third-order valence-corrected chi connectivity index (χ3v) is 3.80. The minimum atomic E-state index is -1.38. The van der Waals surface area contributed by atoms with Crippen molar-refractivity contribution < 1.29 is 23.5 Å². The molecule has 2 unspecified atom stereocenters. The van der Waals surface area contributed by atoms with Crippen molar-refractivity contribution in [3.05, 3.63) is 11.8 Å². The molecule has 0 bridgehead atoms. The van der Waals surface area contributed by atoms with Crippen molar-refractivity contribution in [1.29, 1.82) is 0 Å². The fourth-order valence-electron chi connectivity index (χ4n) is 2.66. The summed E-state index contributed by atoms with van der Waals surface area (Å²) < 4.78 is 26.1. The first-order valence-electron chi connectivity index (χ1n) is 8.26. The maximum absolute atomic E-state index is 14.6.